The second kappa shape index (κ2) is 10.7. The molecule has 5 aromatic rings. The van der Waals surface area contributed by atoms with E-state index in [0.29, 0.717) is 41.4 Å². The Balaban J connectivity index is 1.12. The molecule has 3 aromatic heterocycles. The van der Waals surface area contributed by atoms with Crippen LogP contribution in [0.5, 0.6) is 5.88 Å². The Morgan fingerprint density at radius 1 is 1.09 bits per heavy atom. The van der Waals surface area contributed by atoms with Crippen molar-refractivity contribution in [2.75, 3.05) is 6.61 Å². The first kappa shape index (κ1) is 28.0. The smallest absolute Gasteiger partial charge is 0.335 e. The van der Waals surface area contributed by atoms with Gasteiger partial charge in [-0.3, -0.25) is 4.68 Å². The van der Waals surface area contributed by atoms with Crippen LogP contribution in [0, 0.1) is 11.6 Å². The lowest BCUT2D eigenvalue weighted by Gasteiger charge is -2.27. The SMILES string of the molecule is O=C(O)c1ccc2nc(Cc3cc(F)c(-c4cccc(OCc5cc6n(n5)CC(F)(F)C6)n4)cc3F)n(CC3CCO3)c2c1. The Bertz CT molecular complexity index is 1890. The van der Waals surface area contributed by atoms with Crippen molar-refractivity contribution in [3.05, 3.63) is 94.6 Å². The van der Waals surface area contributed by atoms with E-state index in [1.807, 2.05) is 0 Å². The zero-order valence-corrected chi connectivity index (χ0v) is 23.1. The fourth-order valence-electron chi connectivity index (χ4n) is 5.56. The number of benzene rings is 2. The van der Waals surface area contributed by atoms with Crippen LogP contribution in [0.2, 0.25) is 0 Å². The summed E-state index contributed by atoms with van der Waals surface area (Å²) in [6.07, 6.45) is 0.328. The van der Waals surface area contributed by atoms with Gasteiger partial charge in [-0.15, -0.1) is 0 Å². The van der Waals surface area contributed by atoms with Gasteiger partial charge in [0.05, 0.1) is 41.4 Å². The number of carboxylic acid groups (broad SMARTS) is 1. The molecule has 7 rings (SSSR count). The number of ether oxygens (including phenoxy) is 2. The predicted octanol–water partition coefficient (Wildman–Crippen LogP) is 5.42. The minimum absolute atomic E-state index is 0.0291. The minimum Gasteiger partial charge on any atom is -0.478 e. The Kier molecular flexibility index (Phi) is 6.84. The molecule has 0 saturated carbocycles. The summed E-state index contributed by atoms with van der Waals surface area (Å²) in [6.45, 7) is 0.526. The molecule has 226 valence electrons. The lowest BCUT2D eigenvalue weighted by Crippen LogP contribution is -2.31. The quantitative estimate of drug-likeness (QED) is 0.223. The molecule has 9 nitrogen and oxygen atoms in total. The van der Waals surface area contributed by atoms with Gasteiger partial charge in [0.2, 0.25) is 5.88 Å². The van der Waals surface area contributed by atoms with E-state index in [1.54, 1.807) is 28.8 Å². The van der Waals surface area contributed by atoms with E-state index in [1.165, 1.54) is 22.9 Å². The summed E-state index contributed by atoms with van der Waals surface area (Å²) in [7, 11) is 0. The molecule has 5 heterocycles. The number of halogens is 4. The molecule has 44 heavy (non-hydrogen) atoms. The number of hydrogen-bond donors (Lipinski definition) is 1. The van der Waals surface area contributed by atoms with Gasteiger partial charge in [-0.2, -0.15) is 5.10 Å². The second-order valence-corrected chi connectivity index (χ2v) is 11.0. The highest BCUT2D eigenvalue weighted by Crippen LogP contribution is 2.31. The number of imidazole rings is 1. The van der Waals surface area contributed by atoms with E-state index < -0.39 is 30.1 Å². The molecule has 1 unspecified atom stereocenters. The van der Waals surface area contributed by atoms with E-state index in [9.17, 15) is 18.7 Å². The molecular weight excluding hydrogens is 582 g/mol. The number of aromatic carboxylic acids is 1. The van der Waals surface area contributed by atoms with Crippen LogP contribution >= 0.6 is 0 Å². The van der Waals surface area contributed by atoms with Crippen molar-refractivity contribution >= 4 is 17.0 Å². The maximum Gasteiger partial charge on any atom is 0.335 e. The topological polar surface area (TPSA) is 104 Å². The van der Waals surface area contributed by atoms with Gasteiger partial charge in [-0.05, 0) is 54.4 Å². The monoisotopic (exact) mass is 607 g/mol. The number of carboxylic acids is 1. The van der Waals surface area contributed by atoms with Gasteiger partial charge in [0.25, 0.3) is 5.92 Å². The highest BCUT2D eigenvalue weighted by Gasteiger charge is 2.38. The molecule has 2 aliphatic rings. The summed E-state index contributed by atoms with van der Waals surface area (Å²) in [4.78, 5) is 20.5. The van der Waals surface area contributed by atoms with Crippen molar-refractivity contribution in [1.82, 2.24) is 24.3 Å². The highest BCUT2D eigenvalue weighted by atomic mass is 19.3. The van der Waals surface area contributed by atoms with Crippen molar-refractivity contribution in [2.24, 2.45) is 0 Å². The van der Waals surface area contributed by atoms with E-state index in [-0.39, 0.29) is 53.8 Å². The van der Waals surface area contributed by atoms with Crippen LogP contribution in [0.15, 0.2) is 54.6 Å². The zero-order chi connectivity index (χ0) is 30.6. The van der Waals surface area contributed by atoms with Crippen LogP contribution in [-0.2, 0) is 37.3 Å². The van der Waals surface area contributed by atoms with Crippen molar-refractivity contribution in [3.8, 4) is 17.1 Å². The van der Waals surface area contributed by atoms with Gasteiger partial charge in [0.15, 0.2) is 0 Å². The molecule has 1 saturated heterocycles. The molecule has 0 radical (unpaired) electrons. The van der Waals surface area contributed by atoms with Crippen molar-refractivity contribution in [1.29, 1.82) is 0 Å². The Morgan fingerprint density at radius 2 is 1.93 bits per heavy atom. The largest absolute Gasteiger partial charge is 0.478 e. The Labute approximate surface area is 247 Å². The number of alkyl halides is 2. The van der Waals surface area contributed by atoms with Crippen LogP contribution in [0.25, 0.3) is 22.3 Å². The average molecular weight is 608 g/mol. The van der Waals surface area contributed by atoms with Crippen molar-refractivity contribution in [3.63, 3.8) is 0 Å². The van der Waals surface area contributed by atoms with E-state index in [2.05, 4.69) is 15.1 Å². The minimum atomic E-state index is -2.81. The van der Waals surface area contributed by atoms with Gasteiger partial charge in [-0.25, -0.2) is 32.3 Å². The fraction of sp³-hybridized carbons (Fsp3) is 0.290. The van der Waals surface area contributed by atoms with Crippen LogP contribution in [0.4, 0.5) is 17.6 Å². The third kappa shape index (κ3) is 5.39. The molecule has 2 aliphatic heterocycles. The maximum absolute atomic E-state index is 15.5. The van der Waals surface area contributed by atoms with Crippen LogP contribution in [-0.4, -0.2) is 54.0 Å². The van der Waals surface area contributed by atoms with Gasteiger partial charge in [-0.1, -0.05) is 6.07 Å². The molecule has 1 fully saturated rings. The molecule has 0 bridgehead atoms. The summed E-state index contributed by atoms with van der Waals surface area (Å²) < 4.78 is 72.3. The number of nitrogens with zero attached hydrogens (tertiary/aromatic N) is 5. The highest BCUT2D eigenvalue weighted by molar-refractivity contribution is 5.92. The fourth-order valence-corrected chi connectivity index (χ4v) is 5.56. The average Bonchev–Trinajstić information content (AvgIpc) is 3.58. The first-order chi connectivity index (χ1) is 21.1. The zero-order valence-electron chi connectivity index (χ0n) is 23.1. The number of rotatable bonds is 9. The standard InChI is InChI=1S/C31H25F4N5O4/c32-23-12-22(25-2-1-3-29(37-25)44-15-19-11-20-13-31(34,35)16-40(20)38-19)24(33)8-18(23)10-28-36-26-5-4-17(30(41)42)9-27(26)39(28)14-21-6-7-43-21/h1-5,8-9,11-12,21H,6-7,10,13-16H2,(H,41,42). The summed E-state index contributed by atoms with van der Waals surface area (Å²) >= 11 is 0. The summed E-state index contributed by atoms with van der Waals surface area (Å²) in [6, 6.07) is 13.0. The van der Waals surface area contributed by atoms with E-state index in [4.69, 9.17) is 9.47 Å². The lowest BCUT2D eigenvalue weighted by molar-refractivity contribution is -0.0589. The molecule has 1 atom stereocenters. The van der Waals surface area contributed by atoms with E-state index in [0.717, 1.165) is 18.6 Å². The van der Waals surface area contributed by atoms with Gasteiger partial charge >= 0.3 is 5.97 Å². The van der Waals surface area contributed by atoms with Gasteiger partial charge in [0.1, 0.15) is 36.3 Å². The van der Waals surface area contributed by atoms with Crippen LogP contribution in [0.3, 0.4) is 0 Å². The summed E-state index contributed by atoms with van der Waals surface area (Å²) in [5.74, 6) is -4.66. The summed E-state index contributed by atoms with van der Waals surface area (Å²) in [5.41, 5.74) is 2.24. The molecule has 0 amide bonds. The predicted molar refractivity (Wildman–Crippen MR) is 149 cm³/mol. The molecule has 0 spiro atoms. The first-order valence-electron chi connectivity index (χ1n) is 14.0. The Morgan fingerprint density at radius 3 is 2.68 bits per heavy atom. The second-order valence-electron chi connectivity index (χ2n) is 11.0. The van der Waals surface area contributed by atoms with Crippen molar-refractivity contribution < 1.29 is 36.9 Å². The van der Waals surface area contributed by atoms with Gasteiger partial charge < -0.3 is 19.1 Å². The number of carbonyl (C=O) groups is 1. The number of aromatic nitrogens is 5. The van der Waals surface area contributed by atoms with Crippen molar-refractivity contribution in [2.45, 2.75) is 51.0 Å². The lowest BCUT2D eigenvalue weighted by atomic mass is 10.0. The van der Waals surface area contributed by atoms with Gasteiger partial charge in [0, 0.05) is 30.4 Å². The number of pyridine rings is 1. The molecular formula is C31H25F4N5O4. The molecule has 0 aliphatic carbocycles. The van der Waals surface area contributed by atoms with E-state index >= 15 is 8.78 Å². The van der Waals surface area contributed by atoms with Crippen LogP contribution in [0.1, 0.15) is 39.6 Å². The Hall–Kier alpha value is -4.78. The number of hydrogen-bond acceptors (Lipinski definition) is 6. The third-order valence-corrected chi connectivity index (χ3v) is 7.84. The summed E-state index contributed by atoms with van der Waals surface area (Å²) in [5, 5.41) is 13.6. The maximum atomic E-state index is 15.5. The first-order valence-corrected chi connectivity index (χ1v) is 14.0. The molecule has 2 aromatic carbocycles. The third-order valence-electron chi connectivity index (χ3n) is 7.84. The molecule has 1 N–H and O–H groups in total. The van der Waals surface area contributed by atoms with Crippen LogP contribution < -0.4 is 4.74 Å². The normalized spacial score (nSPS) is 17.0. The number of fused-ring (bicyclic) bond motifs is 2. The molecule has 13 heteroatoms.